The van der Waals surface area contributed by atoms with Crippen molar-refractivity contribution >= 4 is 29.9 Å². The van der Waals surface area contributed by atoms with Crippen LogP contribution in [0.25, 0.3) is 0 Å². The van der Waals surface area contributed by atoms with Gasteiger partial charge < -0.3 is 24.8 Å². The minimum absolute atomic E-state index is 0. The Bertz CT molecular complexity index is 530. The number of methoxy groups -OCH3 is 1. The molecule has 1 aliphatic heterocycles. The van der Waals surface area contributed by atoms with Gasteiger partial charge in [0.25, 0.3) is 0 Å². The fourth-order valence-electron chi connectivity index (χ4n) is 3.12. The van der Waals surface area contributed by atoms with Gasteiger partial charge >= 0.3 is 0 Å². The van der Waals surface area contributed by atoms with Crippen molar-refractivity contribution in [3.8, 4) is 0 Å². The van der Waals surface area contributed by atoms with E-state index in [4.69, 9.17) is 9.47 Å². The lowest BCUT2D eigenvalue weighted by molar-refractivity contribution is 0.0536. The summed E-state index contributed by atoms with van der Waals surface area (Å²) < 4.78 is 10.7. The van der Waals surface area contributed by atoms with E-state index in [0.29, 0.717) is 32.1 Å². The fraction of sp³-hybridized carbons (Fsp3) is 0.650. The summed E-state index contributed by atoms with van der Waals surface area (Å²) in [5.41, 5.74) is 1.13. The van der Waals surface area contributed by atoms with E-state index >= 15 is 0 Å². The van der Waals surface area contributed by atoms with Gasteiger partial charge in [-0.1, -0.05) is 30.3 Å². The van der Waals surface area contributed by atoms with E-state index in [1.54, 1.807) is 7.11 Å². The first-order valence-corrected chi connectivity index (χ1v) is 9.54. The highest BCUT2D eigenvalue weighted by Crippen LogP contribution is 2.16. The van der Waals surface area contributed by atoms with Crippen molar-refractivity contribution in [3.63, 3.8) is 0 Å². The number of nitrogens with zero attached hydrogens (tertiary/aromatic N) is 2. The number of aliphatic hydroxyl groups excluding tert-OH is 1. The molecule has 0 bridgehead atoms. The highest BCUT2D eigenvalue weighted by molar-refractivity contribution is 14.0. The van der Waals surface area contributed by atoms with Gasteiger partial charge in [0.15, 0.2) is 5.96 Å². The molecule has 0 saturated carbocycles. The smallest absolute Gasteiger partial charge is 0.194 e. The predicted octanol–water partition coefficient (Wildman–Crippen LogP) is 2.16. The average molecular weight is 491 g/mol. The van der Waals surface area contributed by atoms with Crippen molar-refractivity contribution in [2.45, 2.75) is 25.9 Å². The number of hydrogen-bond acceptors (Lipinski definition) is 4. The molecule has 1 aliphatic rings. The van der Waals surface area contributed by atoms with Crippen LogP contribution in [0.1, 0.15) is 18.9 Å². The van der Waals surface area contributed by atoms with Gasteiger partial charge in [-0.3, -0.25) is 4.99 Å². The van der Waals surface area contributed by atoms with Crippen LogP contribution in [0, 0.1) is 5.92 Å². The van der Waals surface area contributed by atoms with Gasteiger partial charge in [-0.2, -0.15) is 0 Å². The molecule has 2 atom stereocenters. The molecule has 0 aliphatic carbocycles. The van der Waals surface area contributed by atoms with Crippen molar-refractivity contribution in [2.24, 2.45) is 10.9 Å². The molecular weight excluding hydrogens is 457 g/mol. The van der Waals surface area contributed by atoms with Crippen LogP contribution >= 0.6 is 24.0 Å². The molecule has 0 spiro atoms. The van der Waals surface area contributed by atoms with Crippen molar-refractivity contribution in [3.05, 3.63) is 35.9 Å². The molecule has 0 radical (unpaired) electrons. The van der Waals surface area contributed by atoms with E-state index in [9.17, 15) is 5.11 Å². The molecule has 1 saturated heterocycles. The van der Waals surface area contributed by atoms with E-state index in [-0.39, 0.29) is 24.0 Å². The summed E-state index contributed by atoms with van der Waals surface area (Å²) in [6.07, 6.45) is 1.26. The van der Waals surface area contributed by atoms with E-state index in [1.165, 1.54) is 0 Å². The van der Waals surface area contributed by atoms with Crippen molar-refractivity contribution in [1.29, 1.82) is 0 Å². The Morgan fingerprint density at radius 3 is 2.81 bits per heavy atom. The fourth-order valence-corrected chi connectivity index (χ4v) is 3.12. The van der Waals surface area contributed by atoms with E-state index in [0.717, 1.165) is 44.2 Å². The summed E-state index contributed by atoms with van der Waals surface area (Å²) in [6, 6.07) is 10.0. The normalized spacial score (nSPS) is 18.3. The standard InChI is InChI=1S/C20H33N3O3.HI/c1-3-21-20(22-14-19(24)13-17-7-5-4-6-8-17)23-10-9-18(15-23)16-26-12-11-25-2;/h4-8,18-19,24H,3,9-16H2,1-2H3,(H,21,22);1H. The maximum Gasteiger partial charge on any atom is 0.194 e. The zero-order valence-electron chi connectivity index (χ0n) is 16.5. The van der Waals surface area contributed by atoms with Crippen molar-refractivity contribution in [2.75, 3.05) is 53.1 Å². The zero-order chi connectivity index (χ0) is 18.6. The number of halogens is 1. The summed E-state index contributed by atoms with van der Waals surface area (Å²) in [5, 5.41) is 13.6. The first kappa shape index (κ1) is 24.1. The van der Waals surface area contributed by atoms with Gasteiger partial charge in [0.05, 0.1) is 32.5 Å². The van der Waals surface area contributed by atoms with Crippen LogP contribution in [0.5, 0.6) is 0 Å². The molecule has 0 aromatic heterocycles. The molecule has 6 nitrogen and oxygen atoms in total. The second kappa shape index (κ2) is 14.1. The summed E-state index contributed by atoms with van der Waals surface area (Å²) in [6.45, 7) is 7.24. The van der Waals surface area contributed by atoms with Crippen LogP contribution in [-0.2, 0) is 15.9 Å². The topological polar surface area (TPSA) is 66.3 Å². The highest BCUT2D eigenvalue weighted by atomic mass is 127. The number of aliphatic imine (C=N–C) groups is 1. The summed E-state index contributed by atoms with van der Waals surface area (Å²) in [7, 11) is 1.69. The Morgan fingerprint density at radius 2 is 2.11 bits per heavy atom. The number of nitrogens with one attached hydrogen (secondary N) is 1. The Balaban J connectivity index is 0.00000364. The Morgan fingerprint density at radius 1 is 1.33 bits per heavy atom. The highest BCUT2D eigenvalue weighted by Gasteiger charge is 2.25. The van der Waals surface area contributed by atoms with Crippen LogP contribution in [0.2, 0.25) is 0 Å². The molecule has 7 heteroatoms. The van der Waals surface area contributed by atoms with Crippen LogP contribution in [-0.4, -0.2) is 75.2 Å². The monoisotopic (exact) mass is 491 g/mol. The number of rotatable bonds is 10. The van der Waals surface area contributed by atoms with Crippen LogP contribution in [0.3, 0.4) is 0 Å². The lowest BCUT2D eigenvalue weighted by Crippen LogP contribution is -2.41. The molecule has 0 amide bonds. The van der Waals surface area contributed by atoms with E-state index in [2.05, 4.69) is 22.1 Å². The third-order valence-electron chi connectivity index (χ3n) is 4.47. The van der Waals surface area contributed by atoms with Gasteiger partial charge in [-0.15, -0.1) is 24.0 Å². The lowest BCUT2D eigenvalue weighted by atomic mass is 10.1. The third kappa shape index (κ3) is 9.23. The Kier molecular flexibility index (Phi) is 12.6. The molecular formula is C20H34IN3O3. The predicted molar refractivity (Wildman–Crippen MR) is 120 cm³/mol. The largest absolute Gasteiger partial charge is 0.391 e. The van der Waals surface area contributed by atoms with Crippen molar-refractivity contribution < 1.29 is 14.6 Å². The molecule has 1 heterocycles. The summed E-state index contributed by atoms with van der Waals surface area (Å²) in [4.78, 5) is 6.92. The van der Waals surface area contributed by atoms with Crippen LogP contribution < -0.4 is 5.32 Å². The first-order chi connectivity index (χ1) is 12.7. The van der Waals surface area contributed by atoms with Gasteiger partial charge in [-0.25, -0.2) is 0 Å². The number of guanidine groups is 1. The number of hydrogen-bond donors (Lipinski definition) is 2. The SMILES string of the molecule is CCNC(=NCC(O)Cc1ccccc1)N1CCC(COCCOC)C1.I. The van der Waals surface area contributed by atoms with Gasteiger partial charge in [0.2, 0.25) is 0 Å². The molecule has 2 unspecified atom stereocenters. The second-order valence-electron chi connectivity index (χ2n) is 6.71. The number of likely N-dealkylation sites (tertiary alicyclic amines) is 1. The van der Waals surface area contributed by atoms with Gasteiger partial charge in [-0.05, 0) is 18.9 Å². The minimum Gasteiger partial charge on any atom is -0.391 e. The Hall–Kier alpha value is -0.900. The number of benzene rings is 1. The molecule has 1 aromatic rings. The molecule has 1 aromatic carbocycles. The number of ether oxygens (including phenoxy) is 2. The molecule has 154 valence electrons. The third-order valence-corrected chi connectivity index (χ3v) is 4.47. The molecule has 2 rings (SSSR count). The zero-order valence-corrected chi connectivity index (χ0v) is 18.8. The quantitative estimate of drug-likeness (QED) is 0.227. The number of aliphatic hydroxyl groups is 1. The maximum absolute atomic E-state index is 10.3. The van der Waals surface area contributed by atoms with Gasteiger partial charge in [0, 0.05) is 39.1 Å². The van der Waals surface area contributed by atoms with E-state index in [1.807, 2.05) is 30.3 Å². The van der Waals surface area contributed by atoms with Crippen LogP contribution in [0.15, 0.2) is 35.3 Å². The summed E-state index contributed by atoms with van der Waals surface area (Å²) >= 11 is 0. The second-order valence-corrected chi connectivity index (χ2v) is 6.71. The van der Waals surface area contributed by atoms with E-state index < -0.39 is 6.10 Å². The first-order valence-electron chi connectivity index (χ1n) is 9.54. The van der Waals surface area contributed by atoms with Crippen molar-refractivity contribution in [1.82, 2.24) is 10.2 Å². The molecule has 27 heavy (non-hydrogen) atoms. The maximum atomic E-state index is 10.3. The average Bonchev–Trinajstić information content (AvgIpc) is 3.12. The van der Waals surface area contributed by atoms with Crippen LogP contribution in [0.4, 0.5) is 0 Å². The van der Waals surface area contributed by atoms with Gasteiger partial charge in [0.1, 0.15) is 0 Å². The molecule has 1 fully saturated rings. The summed E-state index contributed by atoms with van der Waals surface area (Å²) in [5.74, 6) is 1.41. The molecule has 2 N–H and O–H groups in total. The Labute approximate surface area is 180 Å². The lowest BCUT2D eigenvalue weighted by Gasteiger charge is -2.22. The minimum atomic E-state index is -0.471.